The predicted molar refractivity (Wildman–Crippen MR) is 93.9 cm³/mol. The molecule has 122 valence electrons. The van der Waals surface area contributed by atoms with Crippen LogP contribution in [0.5, 0.6) is 0 Å². The monoisotopic (exact) mass is 311 g/mol. The van der Waals surface area contributed by atoms with Gasteiger partial charge in [0, 0.05) is 7.11 Å². The number of nitrogens with two attached hydrogens (primary N) is 1. The fourth-order valence-corrected chi connectivity index (χ4v) is 9.02. The molecule has 0 saturated heterocycles. The standard InChI is InChI=1S/C17H33NO2Si/c1-13(2)21(14(3)4,15(5)6)11-9-8-10-16(20-7)12-17(18)19/h8-11,13-16H,12H2,1-7H3,(H2,18,19)/b10-8+,11-9-. The molecule has 0 fully saturated rings. The van der Waals surface area contributed by atoms with Gasteiger partial charge in [0.05, 0.1) is 20.6 Å². The van der Waals surface area contributed by atoms with Crippen molar-refractivity contribution in [3.8, 4) is 0 Å². The van der Waals surface area contributed by atoms with E-state index in [9.17, 15) is 4.79 Å². The molecular formula is C17H33NO2Si. The largest absolute Gasteiger partial charge is 0.377 e. The zero-order valence-electron chi connectivity index (χ0n) is 14.7. The van der Waals surface area contributed by atoms with Crippen molar-refractivity contribution in [1.82, 2.24) is 0 Å². The van der Waals surface area contributed by atoms with Gasteiger partial charge in [-0.05, 0) is 16.6 Å². The van der Waals surface area contributed by atoms with Gasteiger partial charge < -0.3 is 10.5 Å². The van der Waals surface area contributed by atoms with Gasteiger partial charge >= 0.3 is 0 Å². The highest BCUT2D eigenvalue weighted by Crippen LogP contribution is 2.42. The van der Waals surface area contributed by atoms with Gasteiger partial charge in [0.1, 0.15) is 0 Å². The van der Waals surface area contributed by atoms with Crippen molar-refractivity contribution in [2.75, 3.05) is 7.11 Å². The van der Waals surface area contributed by atoms with Gasteiger partial charge in [-0.1, -0.05) is 65.5 Å². The summed E-state index contributed by atoms with van der Waals surface area (Å²) in [5.41, 5.74) is 9.74. The minimum atomic E-state index is -1.51. The lowest BCUT2D eigenvalue weighted by molar-refractivity contribution is -0.119. The number of hydrogen-bond donors (Lipinski definition) is 1. The summed E-state index contributed by atoms with van der Waals surface area (Å²) in [5.74, 6) is -0.342. The maximum atomic E-state index is 10.9. The van der Waals surface area contributed by atoms with E-state index in [1.807, 2.05) is 12.2 Å². The van der Waals surface area contributed by atoms with Crippen molar-refractivity contribution >= 4 is 14.0 Å². The lowest BCUT2D eigenvalue weighted by Gasteiger charge is -2.40. The van der Waals surface area contributed by atoms with E-state index >= 15 is 0 Å². The fraction of sp³-hybridized carbons (Fsp3) is 0.706. The van der Waals surface area contributed by atoms with Gasteiger partial charge in [0.2, 0.25) is 5.91 Å². The van der Waals surface area contributed by atoms with E-state index < -0.39 is 8.07 Å². The molecule has 0 bridgehead atoms. The van der Waals surface area contributed by atoms with E-state index in [0.29, 0.717) is 16.6 Å². The molecule has 21 heavy (non-hydrogen) atoms. The number of hydrogen-bond acceptors (Lipinski definition) is 2. The van der Waals surface area contributed by atoms with Crippen molar-refractivity contribution in [3.05, 3.63) is 23.9 Å². The summed E-state index contributed by atoms with van der Waals surface area (Å²) < 4.78 is 5.23. The maximum Gasteiger partial charge on any atom is 0.220 e. The highest BCUT2D eigenvalue weighted by atomic mass is 28.3. The van der Waals surface area contributed by atoms with Crippen LogP contribution in [0.3, 0.4) is 0 Å². The van der Waals surface area contributed by atoms with E-state index in [4.69, 9.17) is 10.5 Å². The molecule has 0 radical (unpaired) electrons. The van der Waals surface area contributed by atoms with E-state index in [-0.39, 0.29) is 18.4 Å². The van der Waals surface area contributed by atoms with Gasteiger partial charge in [-0.15, -0.1) is 0 Å². The molecule has 3 nitrogen and oxygen atoms in total. The molecule has 4 heteroatoms. The molecule has 0 spiro atoms. The van der Waals surface area contributed by atoms with Crippen LogP contribution in [-0.4, -0.2) is 27.2 Å². The molecular weight excluding hydrogens is 278 g/mol. The van der Waals surface area contributed by atoms with Gasteiger partial charge in [-0.3, -0.25) is 4.79 Å². The first-order chi connectivity index (χ1) is 9.68. The molecule has 2 N–H and O–H groups in total. The quantitative estimate of drug-likeness (QED) is 0.512. The molecule has 0 aromatic rings. The second-order valence-corrected chi connectivity index (χ2v) is 12.5. The summed E-state index contributed by atoms with van der Waals surface area (Å²) in [5, 5.41) is 0. The van der Waals surface area contributed by atoms with Crippen molar-refractivity contribution < 1.29 is 9.53 Å². The van der Waals surface area contributed by atoms with Crippen LogP contribution in [0.4, 0.5) is 0 Å². The molecule has 0 aliphatic rings. The zero-order valence-corrected chi connectivity index (χ0v) is 15.7. The van der Waals surface area contributed by atoms with Gasteiger partial charge in [-0.25, -0.2) is 0 Å². The second-order valence-electron chi connectivity index (χ2n) is 6.65. The summed E-state index contributed by atoms with van der Waals surface area (Å²) >= 11 is 0. The maximum absolute atomic E-state index is 10.9. The smallest absolute Gasteiger partial charge is 0.220 e. The molecule has 0 aliphatic carbocycles. The van der Waals surface area contributed by atoms with Crippen LogP contribution < -0.4 is 5.73 Å². The Morgan fingerprint density at radius 1 is 1.05 bits per heavy atom. The highest BCUT2D eigenvalue weighted by molar-refractivity contribution is 6.88. The summed E-state index contributed by atoms with van der Waals surface area (Å²) in [6.45, 7) is 14.0. The van der Waals surface area contributed by atoms with E-state index in [1.165, 1.54) is 0 Å². The number of primary amides is 1. The Balaban J connectivity index is 5.06. The molecule has 0 aliphatic heterocycles. The Kier molecular flexibility index (Phi) is 8.82. The minimum Gasteiger partial charge on any atom is -0.377 e. The lowest BCUT2D eigenvalue weighted by Crippen LogP contribution is -2.42. The number of amides is 1. The third kappa shape index (κ3) is 5.79. The van der Waals surface area contributed by atoms with E-state index in [0.717, 1.165) is 0 Å². The summed E-state index contributed by atoms with van der Waals surface area (Å²) in [4.78, 5) is 10.9. The number of carbonyl (C=O) groups excluding carboxylic acids is 1. The van der Waals surface area contributed by atoms with Gasteiger partial charge in [-0.2, -0.15) is 0 Å². The highest BCUT2D eigenvalue weighted by Gasteiger charge is 2.39. The van der Waals surface area contributed by atoms with Crippen molar-refractivity contribution in [3.63, 3.8) is 0 Å². The Morgan fingerprint density at radius 3 is 1.86 bits per heavy atom. The Bertz CT molecular complexity index is 351. The molecule has 0 rings (SSSR count). The first-order valence-electron chi connectivity index (χ1n) is 7.85. The normalized spacial score (nSPS) is 15.0. The number of carbonyl (C=O) groups is 1. The number of allylic oxidation sites excluding steroid dienone is 2. The van der Waals surface area contributed by atoms with E-state index in [2.05, 4.69) is 53.3 Å². The van der Waals surface area contributed by atoms with Crippen LogP contribution in [0.25, 0.3) is 0 Å². The van der Waals surface area contributed by atoms with Crippen molar-refractivity contribution in [2.24, 2.45) is 5.73 Å². The predicted octanol–water partition coefficient (Wildman–Crippen LogP) is 4.21. The third-order valence-electron chi connectivity index (χ3n) is 4.53. The molecule has 1 unspecified atom stereocenters. The van der Waals surface area contributed by atoms with Crippen LogP contribution in [0, 0.1) is 0 Å². The average Bonchev–Trinajstić information content (AvgIpc) is 2.35. The van der Waals surface area contributed by atoms with Crippen LogP contribution in [-0.2, 0) is 9.53 Å². The van der Waals surface area contributed by atoms with Crippen molar-refractivity contribution in [1.29, 1.82) is 0 Å². The summed E-state index contributed by atoms with van der Waals surface area (Å²) in [6, 6.07) is 0. The summed E-state index contributed by atoms with van der Waals surface area (Å²) in [7, 11) is 0.0883. The van der Waals surface area contributed by atoms with Crippen LogP contribution in [0.15, 0.2) is 23.9 Å². The molecule has 0 heterocycles. The second kappa shape index (κ2) is 9.21. The zero-order chi connectivity index (χ0) is 16.6. The topological polar surface area (TPSA) is 52.3 Å². The van der Waals surface area contributed by atoms with E-state index in [1.54, 1.807) is 7.11 Å². The minimum absolute atomic E-state index is 0.224. The Labute approximate surface area is 131 Å². The number of ether oxygens (including phenoxy) is 1. The molecule has 0 aromatic carbocycles. The Morgan fingerprint density at radius 2 is 1.52 bits per heavy atom. The van der Waals surface area contributed by atoms with Gasteiger partial charge in [0.15, 0.2) is 0 Å². The molecule has 0 aromatic heterocycles. The molecule has 0 saturated carbocycles. The SMILES string of the molecule is COC(/C=C/C=C\[Si](C(C)C)(C(C)C)C(C)C)CC(N)=O. The van der Waals surface area contributed by atoms with Crippen LogP contribution >= 0.6 is 0 Å². The molecule has 1 amide bonds. The fourth-order valence-electron chi connectivity index (χ4n) is 3.42. The number of rotatable bonds is 9. The third-order valence-corrected chi connectivity index (χ3v) is 11.3. The first kappa shape index (κ1) is 20.1. The molecule has 1 atom stereocenters. The number of methoxy groups -OCH3 is 1. The van der Waals surface area contributed by atoms with Crippen LogP contribution in [0.2, 0.25) is 16.6 Å². The van der Waals surface area contributed by atoms with Crippen LogP contribution in [0.1, 0.15) is 48.0 Å². The summed E-state index contributed by atoms with van der Waals surface area (Å²) in [6.07, 6.45) is 6.02. The average molecular weight is 312 g/mol. The van der Waals surface area contributed by atoms with Gasteiger partial charge in [0.25, 0.3) is 0 Å². The van der Waals surface area contributed by atoms with Crippen molar-refractivity contribution in [2.45, 2.75) is 70.7 Å². The lowest BCUT2D eigenvalue weighted by atomic mass is 10.2. The first-order valence-corrected chi connectivity index (χ1v) is 10.2. The Hall–Kier alpha value is -0.873.